The van der Waals surface area contributed by atoms with Crippen LogP contribution in [0.2, 0.25) is 0 Å². The Morgan fingerprint density at radius 3 is 2.91 bits per heavy atom. The van der Waals surface area contributed by atoms with Crippen LogP contribution in [0.4, 0.5) is 16.2 Å². The Morgan fingerprint density at radius 2 is 2.06 bits per heavy atom. The Kier molecular flexibility index (Phi) is 5.98. The van der Waals surface area contributed by atoms with Crippen molar-refractivity contribution in [2.45, 2.75) is 18.9 Å². The van der Waals surface area contributed by atoms with Gasteiger partial charge in [-0.3, -0.25) is 10.1 Å². The van der Waals surface area contributed by atoms with Crippen molar-refractivity contribution in [1.82, 2.24) is 19.6 Å². The molecule has 1 fully saturated rings. The summed E-state index contributed by atoms with van der Waals surface area (Å²) in [5, 5.41) is 21.5. The molecule has 5 rings (SSSR count). The third kappa shape index (κ3) is 4.13. The van der Waals surface area contributed by atoms with E-state index < -0.39 is 10.5 Å². The van der Waals surface area contributed by atoms with Crippen LogP contribution in [-0.2, 0) is 12.0 Å². The third-order valence-electron chi connectivity index (χ3n) is 6.01. The smallest absolute Gasteiger partial charge is 0.312 e. The highest BCUT2D eigenvalue weighted by Gasteiger charge is 2.42. The maximum atomic E-state index is 13.4. The zero-order valence-corrected chi connectivity index (χ0v) is 20.0. The second-order valence-corrected chi connectivity index (χ2v) is 9.92. The number of nitro groups is 1. The van der Waals surface area contributed by atoms with E-state index >= 15 is 0 Å². The number of piperazine rings is 1. The number of nitro benzene ring substituents is 1. The topological polar surface area (TPSA) is 113 Å². The van der Waals surface area contributed by atoms with E-state index in [2.05, 4.69) is 15.0 Å². The average Bonchev–Trinajstić information content (AvgIpc) is 3.47. The van der Waals surface area contributed by atoms with Crippen molar-refractivity contribution in [1.29, 1.82) is 0 Å². The van der Waals surface area contributed by atoms with Gasteiger partial charge in [-0.2, -0.15) is 4.37 Å². The fraction of sp³-hybridized carbons (Fsp3) is 0.261. The number of thiophene rings is 1. The Balaban J connectivity index is 1.39. The van der Waals surface area contributed by atoms with E-state index in [1.54, 1.807) is 34.4 Å². The molecular weight excluding hydrogens is 472 g/mol. The first-order valence-electron chi connectivity index (χ1n) is 10.8. The van der Waals surface area contributed by atoms with E-state index in [1.807, 2.05) is 36.6 Å². The van der Waals surface area contributed by atoms with Crippen LogP contribution in [0.5, 0.6) is 0 Å². The minimum Gasteiger partial charge on any atom is -0.312 e. The van der Waals surface area contributed by atoms with Gasteiger partial charge in [0, 0.05) is 53.2 Å². The molecule has 0 bridgehead atoms. The zero-order chi connectivity index (χ0) is 23.7. The lowest BCUT2D eigenvalue weighted by atomic mass is 9.98. The summed E-state index contributed by atoms with van der Waals surface area (Å²) in [6.07, 6.45) is 0.254. The summed E-state index contributed by atoms with van der Waals surface area (Å²) in [7, 11) is 0. The number of carbonyl (C=O) groups is 1. The number of hydrogen-bond acceptors (Lipinski definition) is 8. The maximum absolute atomic E-state index is 13.4. The summed E-state index contributed by atoms with van der Waals surface area (Å²) in [5.41, 5.74) is 0.698. The molecule has 3 heterocycles. The second kappa shape index (κ2) is 9.09. The normalized spacial score (nSPS) is 18.2. The van der Waals surface area contributed by atoms with Crippen molar-refractivity contribution in [2.75, 3.05) is 25.0 Å². The molecule has 2 N–H and O–H groups in total. The average molecular weight is 495 g/mol. The molecule has 174 valence electrons. The molecule has 2 aromatic carbocycles. The van der Waals surface area contributed by atoms with Crippen molar-refractivity contribution < 1.29 is 9.72 Å². The monoisotopic (exact) mass is 494 g/mol. The lowest BCUT2D eigenvalue weighted by Gasteiger charge is -2.43. The van der Waals surface area contributed by atoms with Gasteiger partial charge in [0.2, 0.25) is 0 Å². The fourth-order valence-corrected chi connectivity index (χ4v) is 5.91. The van der Waals surface area contributed by atoms with E-state index in [-0.39, 0.29) is 18.1 Å². The van der Waals surface area contributed by atoms with Gasteiger partial charge in [-0.05, 0) is 24.5 Å². The van der Waals surface area contributed by atoms with Gasteiger partial charge in [-0.15, -0.1) is 11.3 Å². The third-order valence-corrected chi connectivity index (χ3v) is 7.98. The summed E-state index contributed by atoms with van der Waals surface area (Å²) in [5.74, 6) is 0.505. The van der Waals surface area contributed by atoms with Crippen LogP contribution in [0.1, 0.15) is 23.3 Å². The Hall–Kier alpha value is -3.41. The molecule has 4 aromatic rings. The first-order valence-corrected chi connectivity index (χ1v) is 12.4. The predicted octanol–water partition coefficient (Wildman–Crippen LogP) is 4.60. The number of rotatable bonds is 5. The number of fused-ring (bicyclic) bond motifs is 1. The number of hydrogen-bond donors (Lipinski definition) is 2. The fourth-order valence-electron chi connectivity index (χ4n) is 4.19. The molecule has 34 heavy (non-hydrogen) atoms. The Labute approximate surface area is 203 Å². The summed E-state index contributed by atoms with van der Waals surface area (Å²) >= 11 is 2.82. The molecule has 1 saturated heterocycles. The SMILES string of the molecule is CC1(c2nc(Cc3ccccc3[N+](=O)[O-])ns2)CNCCN1C(=O)Nc1csc2ccccc12. The van der Waals surface area contributed by atoms with E-state index in [1.165, 1.54) is 17.6 Å². The van der Waals surface area contributed by atoms with E-state index in [0.717, 1.165) is 15.8 Å². The molecule has 0 radical (unpaired) electrons. The maximum Gasteiger partial charge on any atom is 0.322 e. The molecule has 1 unspecified atom stereocenters. The number of amides is 2. The molecule has 1 aliphatic rings. The van der Waals surface area contributed by atoms with E-state index in [0.29, 0.717) is 36.0 Å². The van der Waals surface area contributed by atoms with Gasteiger partial charge in [-0.1, -0.05) is 36.4 Å². The predicted molar refractivity (Wildman–Crippen MR) is 134 cm³/mol. The number of carbonyl (C=O) groups excluding carboxylic acids is 1. The zero-order valence-electron chi connectivity index (χ0n) is 18.4. The van der Waals surface area contributed by atoms with Gasteiger partial charge in [0.05, 0.1) is 10.6 Å². The molecule has 0 aliphatic carbocycles. The summed E-state index contributed by atoms with van der Waals surface area (Å²) in [4.78, 5) is 30.9. The molecule has 1 atom stereocenters. The quantitative estimate of drug-likeness (QED) is 0.310. The highest BCUT2D eigenvalue weighted by atomic mass is 32.1. The van der Waals surface area contributed by atoms with Crippen LogP contribution < -0.4 is 10.6 Å². The molecule has 11 heteroatoms. The van der Waals surface area contributed by atoms with Gasteiger partial charge in [-0.25, -0.2) is 9.78 Å². The van der Waals surface area contributed by atoms with Crippen LogP contribution in [0.25, 0.3) is 10.1 Å². The van der Waals surface area contributed by atoms with E-state index in [4.69, 9.17) is 4.98 Å². The summed E-state index contributed by atoms with van der Waals surface area (Å²) < 4.78 is 5.58. The minimum absolute atomic E-state index is 0.0494. The van der Waals surface area contributed by atoms with Gasteiger partial charge >= 0.3 is 6.03 Å². The van der Waals surface area contributed by atoms with Crippen molar-refractivity contribution >= 4 is 50.4 Å². The molecule has 0 saturated carbocycles. The summed E-state index contributed by atoms with van der Waals surface area (Å²) in [6, 6.07) is 14.4. The number of anilines is 1. The van der Waals surface area contributed by atoms with Crippen LogP contribution in [-0.4, -0.2) is 44.8 Å². The lowest BCUT2D eigenvalue weighted by Crippen LogP contribution is -2.60. The van der Waals surface area contributed by atoms with Gasteiger partial charge in [0.15, 0.2) is 0 Å². The van der Waals surface area contributed by atoms with Gasteiger partial charge in [0.25, 0.3) is 5.69 Å². The number of nitrogens with zero attached hydrogens (tertiary/aromatic N) is 4. The van der Waals surface area contributed by atoms with Crippen LogP contribution >= 0.6 is 22.9 Å². The molecule has 2 amide bonds. The van der Waals surface area contributed by atoms with Crippen molar-refractivity contribution in [3.05, 3.63) is 80.4 Å². The van der Waals surface area contributed by atoms with Crippen molar-refractivity contribution in [2.24, 2.45) is 0 Å². The Morgan fingerprint density at radius 1 is 1.26 bits per heavy atom. The number of urea groups is 1. The van der Waals surface area contributed by atoms with Gasteiger partial charge < -0.3 is 15.5 Å². The first-order chi connectivity index (χ1) is 16.5. The highest BCUT2D eigenvalue weighted by Crippen LogP contribution is 2.34. The largest absolute Gasteiger partial charge is 0.322 e. The molecule has 1 aliphatic heterocycles. The van der Waals surface area contributed by atoms with Crippen LogP contribution in [0.15, 0.2) is 53.9 Å². The van der Waals surface area contributed by atoms with E-state index in [9.17, 15) is 14.9 Å². The Bertz CT molecular complexity index is 1370. The molecule has 0 spiro atoms. The summed E-state index contributed by atoms with van der Waals surface area (Å²) in [6.45, 7) is 3.70. The lowest BCUT2D eigenvalue weighted by molar-refractivity contribution is -0.385. The standard InChI is InChI=1S/C23H22N6O3S2/c1-23(21-26-20(27-34-21)12-15-6-2-4-8-18(15)29(31)32)14-24-10-11-28(23)22(30)25-17-13-33-19-9-5-3-7-16(17)19/h2-9,13,24H,10-12,14H2,1H3,(H,25,30). The number of nitrogens with one attached hydrogen (secondary N) is 2. The molecule has 2 aromatic heterocycles. The van der Waals surface area contributed by atoms with Crippen LogP contribution in [0.3, 0.4) is 0 Å². The number of benzene rings is 2. The number of para-hydroxylation sites is 1. The second-order valence-electron chi connectivity index (χ2n) is 8.26. The highest BCUT2D eigenvalue weighted by molar-refractivity contribution is 7.17. The molecule has 9 nitrogen and oxygen atoms in total. The van der Waals surface area contributed by atoms with Crippen molar-refractivity contribution in [3.63, 3.8) is 0 Å². The van der Waals surface area contributed by atoms with Crippen molar-refractivity contribution in [3.8, 4) is 0 Å². The van der Waals surface area contributed by atoms with Crippen LogP contribution in [0, 0.1) is 10.1 Å². The number of aromatic nitrogens is 2. The minimum atomic E-state index is -0.702. The van der Waals surface area contributed by atoms with Gasteiger partial charge in [0.1, 0.15) is 16.4 Å². The first kappa shape index (κ1) is 22.4. The molecular formula is C23H22N6O3S2.